The topological polar surface area (TPSA) is 27.3 Å². The molecule has 1 heterocycles. The SMILES string of the molecule is Cc1ccc(CN(Cc2ccccc2)C(=S)NC2CC(C)(C)NC(C)(C)C2)cc1. The van der Waals surface area contributed by atoms with Gasteiger partial charge < -0.3 is 15.5 Å². The first-order chi connectivity index (χ1) is 13.6. The van der Waals surface area contributed by atoms with Crippen molar-refractivity contribution in [2.24, 2.45) is 0 Å². The van der Waals surface area contributed by atoms with Gasteiger partial charge in [0.25, 0.3) is 0 Å². The third-order valence-corrected chi connectivity index (χ3v) is 5.89. The van der Waals surface area contributed by atoms with Crippen LogP contribution >= 0.6 is 12.2 Å². The van der Waals surface area contributed by atoms with Crippen molar-refractivity contribution in [3.05, 3.63) is 71.3 Å². The highest BCUT2D eigenvalue weighted by Gasteiger charge is 2.38. The Kier molecular flexibility index (Phi) is 6.65. The van der Waals surface area contributed by atoms with Crippen molar-refractivity contribution in [2.45, 2.75) is 77.7 Å². The van der Waals surface area contributed by atoms with E-state index in [-0.39, 0.29) is 11.1 Å². The van der Waals surface area contributed by atoms with Gasteiger partial charge in [0.2, 0.25) is 0 Å². The Hall–Kier alpha value is -1.91. The van der Waals surface area contributed by atoms with Crippen LogP contribution in [-0.2, 0) is 13.1 Å². The van der Waals surface area contributed by atoms with E-state index < -0.39 is 0 Å². The van der Waals surface area contributed by atoms with Crippen LogP contribution in [0.2, 0.25) is 0 Å². The minimum absolute atomic E-state index is 0.0935. The summed E-state index contributed by atoms with van der Waals surface area (Å²) in [4.78, 5) is 2.29. The lowest BCUT2D eigenvalue weighted by Gasteiger charge is -2.47. The van der Waals surface area contributed by atoms with Crippen LogP contribution in [0.1, 0.15) is 57.2 Å². The molecule has 2 aromatic carbocycles. The highest BCUT2D eigenvalue weighted by molar-refractivity contribution is 7.80. The van der Waals surface area contributed by atoms with E-state index in [1.54, 1.807) is 0 Å². The van der Waals surface area contributed by atoms with Crippen molar-refractivity contribution in [1.82, 2.24) is 15.5 Å². The van der Waals surface area contributed by atoms with Crippen molar-refractivity contribution >= 4 is 17.3 Å². The fraction of sp³-hybridized carbons (Fsp3) is 0.480. The molecular formula is C25H35N3S. The fourth-order valence-corrected chi connectivity index (χ4v) is 4.90. The average Bonchev–Trinajstić information content (AvgIpc) is 2.61. The number of nitrogens with one attached hydrogen (secondary N) is 2. The summed E-state index contributed by atoms with van der Waals surface area (Å²) in [5.74, 6) is 0. The molecule has 1 aliphatic rings. The molecule has 3 rings (SSSR count). The maximum Gasteiger partial charge on any atom is 0.169 e. The minimum Gasteiger partial charge on any atom is -0.360 e. The Bertz CT molecular complexity index is 796. The third kappa shape index (κ3) is 6.55. The first kappa shape index (κ1) is 21.8. The van der Waals surface area contributed by atoms with E-state index in [1.165, 1.54) is 16.7 Å². The molecule has 4 heteroatoms. The van der Waals surface area contributed by atoms with E-state index in [0.717, 1.165) is 31.0 Å². The van der Waals surface area contributed by atoms with Gasteiger partial charge in [0, 0.05) is 30.2 Å². The molecule has 156 valence electrons. The maximum atomic E-state index is 5.92. The third-order valence-electron chi connectivity index (χ3n) is 5.52. The van der Waals surface area contributed by atoms with E-state index in [1.807, 2.05) is 0 Å². The van der Waals surface area contributed by atoms with Gasteiger partial charge in [-0.05, 0) is 70.8 Å². The molecule has 0 bridgehead atoms. The number of hydrogen-bond acceptors (Lipinski definition) is 2. The van der Waals surface area contributed by atoms with Crippen molar-refractivity contribution in [3.63, 3.8) is 0 Å². The summed E-state index contributed by atoms with van der Waals surface area (Å²) < 4.78 is 0. The summed E-state index contributed by atoms with van der Waals surface area (Å²) in [5, 5.41) is 8.29. The maximum absolute atomic E-state index is 5.92. The van der Waals surface area contributed by atoms with Crippen LogP contribution in [0.25, 0.3) is 0 Å². The Morgan fingerprint density at radius 3 is 2.00 bits per heavy atom. The summed E-state index contributed by atoms with van der Waals surface area (Å²) in [7, 11) is 0. The summed E-state index contributed by atoms with van der Waals surface area (Å²) in [6.07, 6.45) is 2.11. The molecule has 0 radical (unpaired) electrons. The molecule has 29 heavy (non-hydrogen) atoms. The number of nitrogens with zero attached hydrogens (tertiary/aromatic N) is 1. The Morgan fingerprint density at radius 1 is 0.931 bits per heavy atom. The molecule has 1 fully saturated rings. The summed E-state index contributed by atoms with van der Waals surface area (Å²) in [6, 6.07) is 19.7. The first-order valence-corrected chi connectivity index (χ1v) is 11.0. The molecule has 0 aromatic heterocycles. The number of aryl methyl sites for hydroxylation is 1. The number of rotatable bonds is 5. The predicted octanol–water partition coefficient (Wildman–Crippen LogP) is 5.18. The average molecular weight is 410 g/mol. The lowest BCUT2D eigenvalue weighted by molar-refractivity contribution is 0.153. The predicted molar refractivity (Wildman–Crippen MR) is 127 cm³/mol. The van der Waals surface area contributed by atoms with E-state index in [9.17, 15) is 0 Å². The quantitative estimate of drug-likeness (QED) is 0.665. The fourth-order valence-electron chi connectivity index (χ4n) is 4.61. The summed E-state index contributed by atoms with van der Waals surface area (Å²) in [5.41, 5.74) is 4.02. The van der Waals surface area contributed by atoms with E-state index in [0.29, 0.717) is 6.04 Å². The molecule has 3 nitrogen and oxygen atoms in total. The van der Waals surface area contributed by atoms with Crippen LogP contribution in [0.5, 0.6) is 0 Å². The van der Waals surface area contributed by atoms with Crippen LogP contribution in [0, 0.1) is 6.92 Å². The Morgan fingerprint density at radius 2 is 1.45 bits per heavy atom. The zero-order chi connectivity index (χ0) is 21.1. The van der Waals surface area contributed by atoms with Gasteiger partial charge in [-0.1, -0.05) is 60.2 Å². The van der Waals surface area contributed by atoms with Gasteiger partial charge in [0.15, 0.2) is 5.11 Å². The molecular weight excluding hydrogens is 374 g/mol. The first-order valence-electron chi connectivity index (χ1n) is 10.6. The van der Waals surface area contributed by atoms with Gasteiger partial charge in [-0.15, -0.1) is 0 Å². The van der Waals surface area contributed by atoms with E-state index in [4.69, 9.17) is 12.2 Å². The van der Waals surface area contributed by atoms with Crippen molar-refractivity contribution in [2.75, 3.05) is 0 Å². The highest BCUT2D eigenvalue weighted by atomic mass is 32.1. The van der Waals surface area contributed by atoms with Crippen molar-refractivity contribution in [3.8, 4) is 0 Å². The van der Waals surface area contributed by atoms with Gasteiger partial charge in [0.1, 0.15) is 0 Å². The number of benzene rings is 2. The van der Waals surface area contributed by atoms with Gasteiger partial charge in [-0.2, -0.15) is 0 Å². The number of thiocarbonyl (C=S) groups is 1. The second-order valence-corrected chi connectivity index (χ2v) is 10.2. The van der Waals surface area contributed by atoms with E-state index in [2.05, 4.69) is 105 Å². The van der Waals surface area contributed by atoms with Crippen LogP contribution in [0.4, 0.5) is 0 Å². The zero-order valence-corrected chi connectivity index (χ0v) is 19.3. The van der Waals surface area contributed by atoms with Crippen molar-refractivity contribution in [1.29, 1.82) is 0 Å². The molecule has 2 N–H and O–H groups in total. The van der Waals surface area contributed by atoms with Gasteiger partial charge in [0.05, 0.1) is 0 Å². The molecule has 0 aliphatic carbocycles. The van der Waals surface area contributed by atoms with Gasteiger partial charge in [-0.25, -0.2) is 0 Å². The molecule has 0 amide bonds. The molecule has 0 saturated carbocycles. The molecule has 0 spiro atoms. The number of piperidine rings is 1. The second kappa shape index (κ2) is 8.85. The van der Waals surface area contributed by atoms with Crippen molar-refractivity contribution < 1.29 is 0 Å². The highest BCUT2D eigenvalue weighted by Crippen LogP contribution is 2.28. The van der Waals surface area contributed by atoms with Crippen LogP contribution in [0.3, 0.4) is 0 Å². The number of hydrogen-bond donors (Lipinski definition) is 2. The standard InChI is InChI=1S/C25H35N3S/c1-19-11-13-21(14-12-19)18-28(17-20-9-7-6-8-10-20)23(29)26-22-15-24(2,3)27-25(4,5)16-22/h6-14,22,27H,15-18H2,1-5H3,(H,26,29). The zero-order valence-electron chi connectivity index (χ0n) is 18.5. The Balaban J connectivity index is 1.75. The lowest BCUT2D eigenvalue weighted by Crippen LogP contribution is -2.62. The van der Waals surface area contributed by atoms with Crippen LogP contribution in [0.15, 0.2) is 54.6 Å². The summed E-state index contributed by atoms with van der Waals surface area (Å²) >= 11 is 5.92. The molecule has 0 unspecified atom stereocenters. The molecule has 1 aliphatic heterocycles. The van der Waals surface area contributed by atoms with Gasteiger partial charge in [-0.3, -0.25) is 0 Å². The molecule has 0 atom stereocenters. The molecule has 2 aromatic rings. The lowest BCUT2D eigenvalue weighted by atomic mass is 9.80. The second-order valence-electron chi connectivity index (χ2n) is 9.77. The largest absolute Gasteiger partial charge is 0.360 e. The monoisotopic (exact) mass is 409 g/mol. The smallest absolute Gasteiger partial charge is 0.169 e. The van der Waals surface area contributed by atoms with Crippen LogP contribution < -0.4 is 10.6 Å². The van der Waals surface area contributed by atoms with Crippen LogP contribution in [-0.4, -0.2) is 27.1 Å². The summed E-state index contributed by atoms with van der Waals surface area (Å²) in [6.45, 7) is 12.8. The minimum atomic E-state index is 0.0935. The normalized spacial score (nSPS) is 18.2. The Labute approximate surface area is 181 Å². The van der Waals surface area contributed by atoms with E-state index >= 15 is 0 Å². The molecule has 1 saturated heterocycles. The van der Waals surface area contributed by atoms with Gasteiger partial charge >= 0.3 is 0 Å².